The maximum atomic E-state index is 12.4. The Morgan fingerprint density at radius 1 is 1.37 bits per heavy atom. The predicted octanol–water partition coefficient (Wildman–Crippen LogP) is 1.55. The van der Waals surface area contributed by atoms with E-state index in [1.165, 1.54) is 0 Å². The Labute approximate surface area is 162 Å². The first-order chi connectivity index (χ1) is 13.0. The van der Waals surface area contributed by atoms with Gasteiger partial charge in [0.25, 0.3) is 5.91 Å². The second-order valence-corrected chi connectivity index (χ2v) is 7.12. The van der Waals surface area contributed by atoms with E-state index in [0.29, 0.717) is 18.0 Å². The number of benzene rings is 1. The van der Waals surface area contributed by atoms with Gasteiger partial charge >= 0.3 is 6.03 Å². The van der Waals surface area contributed by atoms with Crippen LogP contribution < -0.4 is 10.6 Å². The summed E-state index contributed by atoms with van der Waals surface area (Å²) in [5.74, 6) is 0.360. The van der Waals surface area contributed by atoms with Crippen LogP contribution >= 0.6 is 0 Å². The second kappa shape index (κ2) is 10.9. The Hall–Kier alpha value is -2.12. The lowest BCUT2D eigenvalue weighted by Crippen LogP contribution is -2.45. The molecule has 1 aromatic carbocycles. The molecule has 1 heterocycles. The van der Waals surface area contributed by atoms with Gasteiger partial charge in [-0.1, -0.05) is 12.1 Å². The Balaban J connectivity index is 1.79. The number of hydrogen-bond donors (Lipinski definition) is 2. The fourth-order valence-electron chi connectivity index (χ4n) is 3.47. The summed E-state index contributed by atoms with van der Waals surface area (Å²) in [5.41, 5.74) is 1.50. The molecule has 0 aliphatic carbocycles. The van der Waals surface area contributed by atoms with Gasteiger partial charge in [-0.3, -0.25) is 4.79 Å². The molecule has 1 aliphatic rings. The van der Waals surface area contributed by atoms with E-state index in [2.05, 4.69) is 15.5 Å². The smallest absolute Gasteiger partial charge is 0.317 e. The van der Waals surface area contributed by atoms with Gasteiger partial charge in [-0.05, 0) is 43.0 Å². The van der Waals surface area contributed by atoms with Crippen LogP contribution in [0.4, 0.5) is 4.79 Å². The van der Waals surface area contributed by atoms with Gasteiger partial charge in [-0.25, -0.2) is 4.79 Å². The molecule has 3 amide bonds. The summed E-state index contributed by atoms with van der Waals surface area (Å²) in [6.07, 6.45) is 2.31. The van der Waals surface area contributed by atoms with E-state index in [1.54, 1.807) is 31.2 Å². The maximum absolute atomic E-state index is 12.4. The number of piperidine rings is 1. The number of urea groups is 1. The van der Waals surface area contributed by atoms with Gasteiger partial charge in [0, 0.05) is 52.9 Å². The molecule has 1 fully saturated rings. The van der Waals surface area contributed by atoms with Crippen LogP contribution in [-0.2, 0) is 11.3 Å². The van der Waals surface area contributed by atoms with Crippen LogP contribution in [0.25, 0.3) is 0 Å². The molecule has 1 aliphatic heterocycles. The van der Waals surface area contributed by atoms with E-state index < -0.39 is 0 Å². The highest BCUT2D eigenvalue weighted by Gasteiger charge is 2.22. The number of rotatable bonds is 8. The van der Waals surface area contributed by atoms with Gasteiger partial charge in [-0.15, -0.1) is 0 Å². The SMILES string of the molecule is CNC(=O)c1cccc(CNC(=O)N(C)C[C@@H]2CCCN(CCOC)C2)c1. The Kier molecular flexibility index (Phi) is 8.54. The van der Waals surface area contributed by atoms with E-state index in [0.717, 1.165) is 51.2 Å². The van der Waals surface area contributed by atoms with Crippen LogP contribution in [0.15, 0.2) is 24.3 Å². The third kappa shape index (κ3) is 6.84. The summed E-state index contributed by atoms with van der Waals surface area (Å²) < 4.78 is 5.16. The van der Waals surface area contributed by atoms with E-state index in [4.69, 9.17) is 4.74 Å². The van der Waals surface area contributed by atoms with E-state index in [9.17, 15) is 9.59 Å². The van der Waals surface area contributed by atoms with Crippen molar-refractivity contribution in [3.63, 3.8) is 0 Å². The lowest BCUT2D eigenvalue weighted by molar-refractivity contribution is 0.0963. The molecule has 0 saturated carbocycles. The largest absolute Gasteiger partial charge is 0.383 e. The first-order valence-electron chi connectivity index (χ1n) is 9.54. The van der Waals surface area contributed by atoms with Crippen LogP contribution in [0.1, 0.15) is 28.8 Å². The van der Waals surface area contributed by atoms with Crippen molar-refractivity contribution in [3.8, 4) is 0 Å². The molecule has 1 atom stereocenters. The molecule has 0 aromatic heterocycles. The van der Waals surface area contributed by atoms with Gasteiger partial charge < -0.3 is 25.2 Å². The van der Waals surface area contributed by atoms with Crippen molar-refractivity contribution in [1.29, 1.82) is 0 Å². The lowest BCUT2D eigenvalue weighted by Gasteiger charge is -2.34. The number of nitrogens with one attached hydrogen (secondary N) is 2. The first kappa shape index (κ1) is 21.2. The van der Waals surface area contributed by atoms with Crippen LogP contribution in [0.2, 0.25) is 0 Å². The topological polar surface area (TPSA) is 73.9 Å². The summed E-state index contributed by atoms with van der Waals surface area (Å²) in [4.78, 5) is 28.3. The summed E-state index contributed by atoms with van der Waals surface area (Å²) in [6, 6.07) is 7.20. The molecule has 0 spiro atoms. The van der Waals surface area contributed by atoms with Crippen molar-refractivity contribution in [2.24, 2.45) is 5.92 Å². The number of amides is 3. The summed E-state index contributed by atoms with van der Waals surface area (Å²) in [7, 11) is 5.17. The molecule has 1 saturated heterocycles. The number of likely N-dealkylation sites (tertiary alicyclic amines) is 1. The molecule has 1 aromatic rings. The quantitative estimate of drug-likeness (QED) is 0.722. The van der Waals surface area contributed by atoms with Gasteiger partial charge in [0.15, 0.2) is 0 Å². The van der Waals surface area contributed by atoms with Crippen LogP contribution in [0.3, 0.4) is 0 Å². The Morgan fingerprint density at radius 3 is 2.93 bits per heavy atom. The minimum Gasteiger partial charge on any atom is -0.383 e. The predicted molar refractivity (Wildman–Crippen MR) is 106 cm³/mol. The number of hydrogen-bond acceptors (Lipinski definition) is 4. The average Bonchev–Trinajstić information content (AvgIpc) is 2.70. The molecule has 7 heteroatoms. The monoisotopic (exact) mass is 376 g/mol. The maximum Gasteiger partial charge on any atom is 0.317 e. The molecule has 27 heavy (non-hydrogen) atoms. The van der Waals surface area contributed by atoms with Crippen molar-refractivity contribution in [3.05, 3.63) is 35.4 Å². The zero-order chi connectivity index (χ0) is 19.6. The number of nitrogens with zero attached hydrogens (tertiary/aromatic N) is 2. The molecule has 7 nitrogen and oxygen atoms in total. The van der Waals surface area contributed by atoms with Crippen molar-refractivity contribution in [2.75, 3.05) is 54.0 Å². The Bertz CT molecular complexity index is 623. The average molecular weight is 377 g/mol. The minimum atomic E-state index is -0.129. The zero-order valence-corrected chi connectivity index (χ0v) is 16.7. The molecule has 0 unspecified atom stereocenters. The number of ether oxygens (including phenoxy) is 1. The van der Waals surface area contributed by atoms with Gasteiger partial charge in [-0.2, -0.15) is 0 Å². The van der Waals surface area contributed by atoms with Gasteiger partial charge in [0.2, 0.25) is 0 Å². The summed E-state index contributed by atoms with van der Waals surface area (Å²) >= 11 is 0. The van der Waals surface area contributed by atoms with E-state index in [1.807, 2.05) is 19.2 Å². The van der Waals surface area contributed by atoms with Crippen LogP contribution in [-0.4, -0.2) is 75.7 Å². The molecular formula is C20H32N4O3. The fourth-order valence-corrected chi connectivity index (χ4v) is 3.47. The highest BCUT2D eigenvalue weighted by Crippen LogP contribution is 2.17. The highest BCUT2D eigenvalue weighted by atomic mass is 16.5. The summed E-state index contributed by atoms with van der Waals surface area (Å²) in [6.45, 7) is 4.96. The third-order valence-electron chi connectivity index (χ3n) is 4.95. The number of methoxy groups -OCH3 is 1. The zero-order valence-electron chi connectivity index (χ0n) is 16.7. The lowest BCUT2D eigenvalue weighted by atomic mass is 9.97. The first-order valence-corrected chi connectivity index (χ1v) is 9.54. The Morgan fingerprint density at radius 2 is 2.19 bits per heavy atom. The number of carbonyl (C=O) groups excluding carboxylic acids is 2. The van der Waals surface area contributed by atoms with Crippen LogP contribution in [0.5, 0.6) is 0 Å². The molecule has 2 rings (SSSR count). The molecule has 0 radical (unpaired) electrons. The van der Waals surface area contributed by atoms with Crippen molar-refractivity contribution in [2.45, 2.75) is 19.4 Å². The normalized spacial score (nSPS) is 17.4. The standard InChI is InChI=1S/C20H32N4O3/c1-21-19(25)18-8-4-6-16(12-18)13-22-20(26)23(2)14-17-7-5-9-24(15-17)10-11-27-3/h4,6,8,12,17H,5,7,9-11,13-15H2,1-3H3,(H,21,25)(H,22,26)/t17-/m0/s1. The van der Waals surface area contributed by atoms with Crippen molar-refractivity contribution >= 4 is 11.9 Å². The molecule has 0 bridgehead atoms. The van der Waals surface area contributed by atoms with Gasteiger partial charge in [0.1, 0.15) is 0 Å². The van der Waals surface area contributed by atoms with Crippen LogP contribution in [0, 0.1) is 5.92 Å². The summed E-state index contributed by atoms with van der Waals surface area (Å²) in [5, 5.41) is 5.55. The van der Waals surface area contributed by atoms with Crippen molar-refractivity contribution < 1.29 is 14.3 Å². The fraction of sp³-hybridized carbons (Fsp3) is 0.600. The molecular weight excluding hydrogens is 344 g/mol. The second-order valence-electron chi connectivity index (χ2n) is 7.12. The van der Waals surface area contributed by atoms with Gasteiger partial charge in [0.05, 0.1) is 6.61 Å². The molecule has 150 valence electrons. The highest BCUT2D eigenvalue weighted by molar-refractivity contribution is 5.94. The third-order valence-corrected chi connectivity index (χ3v) is 4.95. The van der Waals surface area contributed by atoms with E-state index in [-0.39, 0.29) is 11.9 Å². The minimum absolute atomic E-state index is 0.0886. The molecule has 2 N–H and O–H groups in total. The van der Waals surface area contributed by atoms with Crippen molar-refractivity contribution in [1.82, 2.24) is 20.4 Å². The number of carbonyl (C=O) groups is 2. The van der Waals surface area contributed by atoms with E-state index >= 15 is 0 Å².